The molecule has 0 radical (unpaired) electrons. The largest absolute Gasteiger partial charge is 0.302 e. The lowest BCUT2D eigenvalue weighted by Gasteiger charge is -2.29. The van der Waals surface area contributed by atoms with Crippen LogP contribution >= 0.6 is 45.6 Å². The summed E-state index contributed by atoms with van der Waals surface area (Å²) in [7, 11) is 0. The highest BCUT2D eigenvalue weighted by Gasteiger charge is 2.17. The first-order valence-corrected chi connectivity index (χ1v) is 12.2. The van der Waals surface area contributed by atoms with Crippen molar-refractivity contribution in [1.29, 1.82) is 0 Å². The van der Waals surface area contributed by atoms with Crippen LogP contribution in [0.25, 0.3) is 9.88 Å². The molecule has 1 fully saturated rings. The molecule has 0 spiro atoms. The van der Waals surface area contributed by atoms with E-state index in [1.165, 1.54) is 46.9 Å². The second kappa shape index (κ2) is 9.00. The predicted molar refractivity (Wildman–Crippen MR) is 119 cm³/mol. The minimum atomic E-state index is -0.0891. The minimum Gasteiger partial charge on any atom is -0.302 e. The van der Waals surface area contributed by atoms with Gasteiger partial charge in [-0.05, 0) is 44.0 Å². The number of hydrogen-bond acceptors (Lipinski definition) is 7. The number of carbonyl (C=O) groups is 1. The van der Waals surface area contributed by atoms with E-state index in [2.05, 4.69) is 27.1 Å². The Labute approximate surface area is 181 Å². The van der Waals surface area contributed by atoms with Gasteiger partial charge in [-0.25, -0.2) is 9.97 Å². The topological polar surface area (TPSA) is 58.1 Å². The standard InChI is InChI=1S/C19H21ClN4OS3/c1-12-4-6-24(7-5-12)9-14-11-27-19(22-14)23-17(25)8-13-10-26-18(21-13)15-2-3-16(20)28-15/h2-3,10-12H,4-9H2,1H3,(H,22,23,25). The lowest BCUT2D eigenvalue weighted by Crippen LogP contribution is -2.32. The monoisotopic (exact) mass is 452 g/mol. The Morgan fingerprint density at radius 1 is 1.21 bits per heavy atom. The average molecular weight is 453 g/mol. The number of aromatic nitrogens is 2. The number of rotatable bonds is 6. The van der Waals surface area contributed by atoms with Crippen LogP contribution in [0.2, 0.25) is 4.34 Å². The van der Waals surface area contributed by atoms with Gasteiger partial charge < -0.3 is 5.32 Å². The zero-order valence-corrected chi connectivity index (χ0v) is 18.7. The summed E-state index contributed by atoms with van der Waals surface area (Å²) in [5.74, 6) is 0.735. The molecule has 0 unspecified atom stereocenters. The van der Waals surface area contributed by atoms with E-state index in [9.17, 15) is 4.79 Å². The van der Waals surface area contributed by atoms with Crippen LogP contribution < -0.4 is 5.32 Å². The third-order valence-electron chi connectivity index (χ3n) is 4.74. The molecule has 4 rings (SSSR count). The summed E-state index contributed by atoms with van der Waals surface area (Å²) >= 11 is 10.5. The van der Waals surface area contributed by atoms with E-state index >= 15 is 0 Å². The lowest BCUT2D eigenvalue weighted by molar-refractivity contribution is -0.115. The van der Waals surface area contributed by atoms with E-state index in [1.54, 1.807) is 0 Å². The van der Waals surface area contributed by atoms with Crippen LogP contribution in [-0.2, 0) is 17.8 Å². The smallest absolute Gasteiger partial charge is 0.232 e. The Bertz CT molecular complexity index is 943. The van der Waals surface area contributed by atoms with Gasteiger partial charge in [0.25, 0.3) is 0 Å². The van der Waals surface area contributed by atoms with Gasteiger partial charge in [-0.2, -0.15) is 0 Å². The van der Waals surface area contributed by atoms with E-state index < -0.39 is 0 Å². The number of hydrogen-bond donors (Lipinski definition) is 1. The maximum atomic E-state index is 12.4. The molecule has 5 nitrogen and oxygen atoms in total. The van der Waals surface area contributed by atoms with Gasteiger partial charge in [0.15, 0.2) is 5.13 Å². The summed E-state index contributed by atoms with van der Waals surface area (Å²) in [6.07, 6.45) is 2.75. The van der Waals surface area contributed by atoms with Crippen molar-refractivity contribution in [2.75, 3.05) is 18.4 Å². The van der Waals surface area contributed by atoms with Crippen molar-refractivity contribution >= 4 is 56.7 Å². The number of thiazole rings is 2. The average Bonchev–Trinajstić information content (AvgIpc) is 3.39. The first-order valence-electron chi connectivity index (χ1n) is 9.22. The number of amides is 1. The van der Waals surface area contributed by atoms with Gasteiger partial charge in [0, 0.05) is 17.3 Å². The summed E-state index contributed by atoms with van der Waals surface area (Å²) in [6, 6.07) is 3.82. The van der Waals surface area contributed by atoms with Gasteiger partial charge in [0.2, 0.25) is 5.91 Å². The van der Waals surface area contributed by atoms with E-state index in [-0.39, 0.29) is 12.3 Å². The summed E-state index contributed by atoms with van der Waals surface area (Å²) in [5, 5.41) is 8.42. The number of nitrogens with one attached hydrogen (secondary N) is 1. The molecule has 0 saturated carbocycles. The molecular weight excluding hydrogens is 432 g/mol. The van der Waals surface area contributed by atoms with E-state index in [0.29, 0.717) is 5.13 Å². The molecule has 28 heavy (non-hydrogen) atoms. The molecule has 3 aromatic heterocycles. The van der Waals surface area contributed by atoms with Crippen molar-refractivity contribution in [1.82, 2.24) is 14.9 Å². The van der Waals surface area contributed by atoms with E-state index in [4.69, 9.17) is 11.6 Å². The molecule has 1 amide bonds. The number of anilines is 1. The molecule has 1 aliphatic heterocycles. The van der Waals surface area contributed by atoms with Crippen molar-refractivity contribution < 1.29 is 4.79 Å². The molecule has 1 saturated heterocycles. The zero-order valence-electron chi connectivity index (χ0n) is 15.5. The summed E-state index contributed by atoms with van der Waals surface area (Å²) in [6.45, 7) is 5.43. The molecule has 0 aliphatic carbocycles. The molecule has 3 aromatic rings. The highest BCUT2D eigenvalue weighted by molar-refractivity contribution is 7.23. The number of carbonyl (C=O) groups excluding carboxylic acids is 1. The second-order valence-corrected chi connectivity index (χ2v) is 10.5. The predicted octanol–water partition coefficient (Wildman–Crippen LogP) is 5.39. The van der Waals surface area contributed by atoms with Crippen LogP contribution in [0, 0.1) is 5.92 Å². The first-order chi connectivity index (χ1) is 13.5. The van der Waals surface area contributed by atoms with Crippen molar-refractivity contribution in [3.8, 4) is 9.88 Å². The third kappa shape index (κ3) is 5.18. The van der Waals surface area contributed by atoms with Crippen LogP contribution in [0.1, 0.15) is 31.2 Å². The Balaban J connectivity index is 1.29. The van der Waals surface area contributed by atoms with Gasteiger partial charge in [-0.15, -0.1) is 34.0 Å². The minimum absolute atomic E-state index is 0.0891. The molecule has 4 heterocycles. The van der Waals surface area contributed by atoms with Crippen LogP contribution in [0.4, 0.5) is 5.13 Å². The van der Waals surface area contributed by atoms with E-state index in [0.717, 1.165) is 51.2 Å². The molecule has 0 atom stereocenters. The number of halogens is 1. The van der Waals surface area contributed by atoms with Crippen LogP contribution in [0.15, 0.2) is 22.9 Å². The van der Waals surface area contributed by atoms with Gasteiger partial charge in [-0.3, -0.25) is 9.69 Å². The second-order valence-electron chi connectivity index (χ2n) is 7.08. The SMILES string of the molecule is CC1CCN(Cc2csc(NC(=O)Cc3csc(-c4ccc(Cl)s4)n3)n2)CC1. The normalized spacial score (nSPS) is 15.8. The third-order valence-corrected chi connectivity index (χ3v) is 7.84. The fourth-order valence-electron chi connectivity index (χ4n) is 3.14. The zero-order chi connectivity index (χ0) is 19.5. The number of likely N-dealkylation sites (tertiary alicyclic amines) is 1. The van der Waals surface area contributed by atoms with Gasteiger partial charge >= 0.3 is 0 Å². The molecular formula is C19H21ClN4OS3. The molecule has 0 bridgehead atoms. The highest BCUT2D eigenvalue weighted by Crippen LogP contribution is 2.33. The maximum Gasteiger partial charge on any atom is 0.232 e. The lowest BCUT2D eigenvalue weighted by atomic mass is 9.99. The quantitative estimate of drug-likeness (QED) is 0.544. The van der Waals surface area contributed by atoms with Gasteiger partial charge in [0.1, 0.15) is 5.01 Å². The van der Waals surface area contributed by atoms with Crippen LogP contribution in [-0.4, -0.2) is 33.9 Å². The molecule has 0 aromatic carbocycles. The highest BCUT2D eigenvalue weighted by atomic mass is 35.5. The van der Waals surface area contributed by atoms with Crippen LogP contribution in [0.3, 0.4) is 0 Å². The Hall–Kier alpha value is -1.32. The Morgan fingerprint density at radius 2 is 2.00 bits per heavy atom. The number of thiophene rings is 1. The Morgan fingerprint density at radius 3 is 2.75 bits per heavy atom. The summed E-state index contributed by atoms with van der Waals surface area (Å²) in [5.41, 5.74) is 1.79. The number of piperidine rings is 1. The summed E-state index contributed by atoms with van der Waals surface area (Å²) < 4.78 is 0.739. The molecule has 1 aliphatic rings. The molecule has 9 heteroatoms. The molecule has 1 N–H and O–H groups in total. The summed E-state index contributed by atoms with van der Waals surface area (Å²) in [4.78, 5) is 24.9. The first kappa shape index (κ1) is 20.0. The maximum absolute atomic E-state index is 12.4. The Kier molecular flexibility index (Phi) is 6.42. The van der Waals surface area contributed by atoms with Gasteiger partial charge in [-0.1, -0.05) is 18.5 Å². The van der Waals surface area contributed by atoms with Crippen molar-refractivity contribution in [3.05, 3.63) is 38.6 Å². The number of nitrogens with zero attached hydrogens (tertiary/aromatic N) is 3. The van der Waals surface area contributed by atoms with Crippen molar-refractivity contribution in [2.45, 2.75) is 32.7 Å². The molecule has 148 valence electrons. The van der Waals surface area contributed by atoms with Gasteiger partial charge in [0.05, 0.1) is 27.0 Å². The fourth-order valence-corrected chi connectivity index (χ4v) is 5.80. The van der Waals surface area contributed by atoms with Crippen LogP contribution in [0.5, 0.6) is 0 Å². The van der Waals surface area contributed by atoms with Crippen molar-refractivity contribution in [2.24, 2.45) is 5.92 Å². The van der Waals surface area contributed by atoms with Crippen molar-refractivity contribution in [3.63, 3.8) is 0 Å². The fraction of sp³-hybridized carbons (Fsp3) is 0.421. The van der Waals surface area contributed by atoms with E-state index in [1.807, 2.05) is 22.9 Å².